The monoisotopic (exact) mass is 313 g/mol. The Morgan fingerprint density at radius 1 is 1.13 bits per heavy atom. The van der Waals surface area contributed by atoms with Gasteiger partial charge in [0, 0.05) is 18.0 Å². The Kier molecular flexibility index (Phi) is 5.32. The lowest BCUT2D eigenvalue weighted by molar-refractivity contribution is 0.316. The third-order valence-electron chi connectivity index (χ3n) is 4.97. The molecular weight excluding hydrogens is 285 g/mol. The second kappa shape index (κ2) is 7.44. The van der Waals surface area contributed by atoms with Gasteiger partial charge in [-0.1, -0.05) is 44.4 Å². The predicted octanol–water partition coefficient (Wildman–Crippen LogP) is 5.70. The van der Waals surface area contributed by atoms with E-state index in [4.69, 9.17) is 0 Å². The standard InChI is InChI=1S/C21H28FN/c1-3-4-5-6-8-17-13-16(15-23(2)19-11-12-19)14-18-9-7-10-20(22)21(17)18/h7,9-10,13-14,19H,3-6,8,11-12,15H2,1-2H3. The highest BCUT2D eigenvalue weighted by Crippen LogP contribution is 2.29. The Hall–Kier alpha value is -1.41. The number of hydrogen-bond acceptors (Lipinski definition) is 1. The molecule has 3 rings (SSSR count). The van der Waals surface area contributed by atoms with Crippen molar-refractivity contribution in [3.63, 3.8) is 0 Å². The van der Waals surface area contributed by atoms with Gasteiger partial charge in [0.15, 0.2) is 0 Å². The molecule has 1 saturated carbocycles. The molecule has 124 valence electrons. The van der Waals surface area contributed by atoms with Gasteiger partial charge in [0.05, 0.1) is 0 Å². The lowest BCUT2D eigenvalue weighted by Gasteiger charge is -2.18. The maximum atomic E-state index is 14.3. The van der Waals surface area contributed by atoms with Gasteiger partial charge in [0.25, 0.3) is 0 Å². The molecule has 0 amide bonds. The number of rotatable bonds is 8. The van der Waals surface area contributed by atoms with Crippen LogP contribution in [0, 0.1) is 5.82 Å². The third-order valence-corrected chi connectivity index (χ3v) is 4.97. The predicted molar refractivity (Wildman–Crippen MR) is 96.2 cm³/mol. The van der Waals surface area contributed by atoms with E-state index in [1.54, 1.807) is 6.07 Å². The second-order valence-electron chi connectivity index (χ2n) is 7.05. The highest BCUT2D eigenvalue weighted by atomic mass is 19.1. The lowest BCUT2D eigenvalue weighted by atomic mass is 9.96. The molecule has 2 aromatic carbocycles. The summed E-state index contributed by atoms with van der Waals surface area (Å²) in [7, 11) is 2.20. The summed E-state index contributed by atoms with van der Waals surface area (Å²) in [5.74, 6) is -0.0740. The van der Waals surface area contributed by atoms with Crippen LogP contribution in [0.3, 0.4) is 0 Å². The number of aryl methyl sites for hydroxylation is 1. The van der Waals surface area contributed by atoms with Crippen molar-refractivity contribution in [1.29, 1.82) is 0 Å². The summed E-state index contributed by atoms with van der Waals surface area (Å²) < 4.78 is 14.3. The van der Waals surface area contributed by atoms with Gasteiger partial charge in [-0.05, 0) is 61.4 Å². The number of halogens is 1. The Morgan fingerprint density at radius 2 is 1.96 bits per heavy atom. The van der Waals surface area contributed by atoms with Crippen LogP contribution in [-0.4, -0.2) is 18.0 Å². The molecule has 0 aromatic heterocycles. The Balaban J connectivity index is 1.86. The van der Waals surface area contributed by atoms with Crippen molar-refractivity contribution in [2.45, 2.75) is 64.5 Å². The fourth-order valence-corrected chi connectivity index (χ4v) is 3.50. The molecule has 1 aliphatic rings. The first-order chi connectivity index (χ1) is 11.2. The van der Waals surface area contributed by atoms with E-state index in [9.17, 15) is 4.39 Å². The summed E-state index contributed by atoms with van der Waals surface area (Å²) in [5.41, 5.74) is 2.51. The topological polar surface area (TPSA) is 3.24 Å². The van der Waals surface area contributed by atoms with Crippen molar-refractivity contribution >= 4 is 10.8 Å². The largest absolute Gasteiger partial charge is 0.299 e. The molecule has 0 spiro atoms. The van der Waals surface area contributed by atoms with E-state index in [2.05, 4.69) is 37.1 Å². The van der Waals surface area contributed by atoms with Gasteiger partial charge in [-0.25, -0.2) is 4.39 Å². The molecule has 0 saturated heterocycles. The van der Waals surface area contributed by atoms with Crippen molar-refractivity contribution in [1.82, 2.24) is 4.90 Å². The number of hydrogen-bond donors (Lipinski definition) is 0. The average Bonchev–Trinajstić information content (AvgIpc) is 3.36. The molecule has 1 aliphatic carbocycles. The minimum absolute atomic E-state index is 0.0740. The zero-order valence-electron chi connectivity index (χ0n) is 14.4. The fourth-order valence-electron chi connectivity index (χ4n) is 3.50. The van der Waals surface area contributed by atoms with Gasteiger partial charge in [-0.3, -0.25) is 4.90 Å². The van der Waals surface area contributed by atoms with Crippen molar-refractivity contribution in [3.8, 4) is 0 Å². The maximum Gasteiger partial charge on any atom is 0.131 e. The van der Waals surface area contributed by atoms with Crippen LogP contribution < -0.4 is 0 Å². The van der Waals surface area contributed by atoms with Crippen LogP contribution >= 0.6 is 0 Å². The van der Waals surface area contributed by atoms with Gasteiger partial charge in [0.1, 0.15) is 5.82 Å². The van der Waals surface area contributed by atoms with Crippen molar-refractivity contribution < 1.29 is 4.39 Å². The Bertz CT molecular complexity index is 660. The van der Waals surface area contributed by atoms with Gasteiger partial charge in [-0.15, -0.1) is 0 Å². The normalized spacial score (nSPS) is 14.8. The van der Waals surface area contributed by atoms with E-state index in [1.807, 2.05) is 6.07 Å². The van der Waals surface area contributed by atoms with Gasteiger partial charge in [0.2, 0.25) is 0 Å². The molecule has 0 N–H and O–H groups in total. The molecule has 0 bridgehead atoms. The van der Waals surface area contributed by atoms with E-state index in [0.29, 0.717) is 0 Å². The van der Waals surface area contributed by atoms with E-state index in [1.165, 1.54) is 43.2 Å². The Labute approximate surface area is 139 Å². The summed E-state index contributed by atoms with van der Waals surface area (Å²) in [6.45, 7) is 3.20. The first-order valence-electron chi connectivity index (χ1n) is 9.09. The van der Waals surface area contributed by atoms with Gasteiger partial charge < -0.3 is 0 Å². The van der Waals surface area contributed by atoms with E-state index in [0.717, 1.165) is 36.2 Å². The average molecular weight is 313 g/mol. The SMILES string of the molecule is CCCCCCc1cc(CN(C)C2CC2)cc2cccc(F)c12. The number of unbranched alkanes of at least 4 members (excludes halogenated alkanes) is 3. The van der Waals surface area contributed by atoms with Gasteiger partial charge >= 0.3 is 0 Å². The second-order valence-corrected chi connectivity index (χ2v) is 7.05. The maximum absolute atomic E-state index is 14.3. The quantitative estimate of drug-likeness (QED) is 0.565. The molecule has 0 heterocycles. The van der Waals surface area contributed by atoms with Gasteiger partial charge in [-0.2, -0.15) is 0 Å². The zero-order valence-corrected chi connectivity index (χ0v) is 14.4. The summed E-state index contributed by atoms with van der Waals surface area (Å²) in [4.78, 5) is 2.43. The fraction of sp³-hybridized carbons (Fsp3) is 0.524. The van der Waals surface area contributed by atoms with Crippen molar-refractivity contribution in [2.75, 3.05) is 7.05 Å². The molecule has 1 fully saturated rings. The number of benzene rings is 2. The minimum atomic E-state index is -0.0740. The van der Waals surface area contributed by atoms with Crippen molar-refractivity contribution in [2.24, 2.45) is 0 Å². The van der Waals surface area contributed by atoms with E-state index in [-0.39, 0.29) is 5.82 Å². The molecule has 0 aliphatic heterocycles. The van der Waals surface area contributed by atoms with Crippen LogP contribution in [0.5, 0.6) is 0 Å². The van der Waals surface area contributed by atoms with Crippen LogP contribution in [0.25, 0.3) is 10.8 Å². The van der Waals surface area contributed by atoms with E-state index >= 15 is 0 Å². The van der Waals surface area contributed by atoms with Crippen molar-refractivity contribution in [3.05, 3.63) is 47.3 Å². The summed E-state index contributed by atoms with van der Waals surface area (Å²) >= 11 is 0. The molecule has 0 unspecified atom stereocenters. The summed E-state index contributed by atoms with van der Waals surface area (Å²) in [5, 5.41) is 1.89. The highest BCUT2D eigenvalue weighted by molar-refractivity contribution is 5.87. The molecular formula is C21H28FN. The number of fused-ring (bicyclic) bond motifs is 1. The minimum Gasteiger partial charge on any atom is -0.299 e. The summed E-state index contributed by atoms with van der Waals surface area (Å²) in [6, 6.07) is 10.6. The van der Waals surface area contributed by atoms with Crippen LogP contribution in [0.1, 0.15) is 56.6 Å². The molecule has 2 heteroatoms. The molecule has 23 heavy (non-hydrogen) atoms. The van der Waals surface area contributed by atoms with Crippen LogP contribution in [-0.2, 0) is 13.0 Å². The molecule has 0 radical (unpaired) electrons. The first kappa shape index (κ1) is 16.4. The molecule has 1 nitrogen and oxygen atoms in total. The molecule has 2 aromatic rings. The number of nitrogens with zero attached hydrogens (tertiary/aromatic N) is 1. The lowest BCUT2D eigenvalue weighted by Crippen LogP contribution is -2.20. The molecule has 0 atom stereocenters. The highest BCUT2D eigenvalue weighted by Gasteiger charge is 2.26. The third kappa shape index (κ3) is 4.11. The van der Waals surface area contributed by atoms with E-state index < -0.39 is 0 Å². The first-order valence-corrected chi connectivity index (χ1v) is 9.09. The zero-order chi connectivity index (χ0) is 16.2. The Morgan fingerprint density at radius 3 is 2.70 bits per heavy atom. The van der Waals surface area contributed by atoms with Crippen LogP contribution in [0.4, 0.5) is 4.39 Å². The van der Waals surface area contributed by atoms with Crippen LogP contribution in [0.2, 0.25) is 0 Å². The smallest absolute Gasteiger partial charge is 0.131 e. The summed E-state index contributed by atoms with van der Waals surface area (Å²) in [6.07, 6.45) is 8.52. The van der Waals surface area contributed by atoms with Crippen LogP contribution in [0.15, 0.2) is 30.3 Å².